The molecule has 0 aliphatic carbocycles. The topological polar surface area (TPSA) is 114 Å². The van der Waals surface area contributed by atoms with Gasteiger partial charge in [-0.1, -0.05) is 6.07 Å². The second-order valence-corrected chi connectivity index (χ2v) is 8.55. The first-order valence-electron chi connectivity index (χ1n) is 9.78. The number of ether oxygens (including phenoxy) is 3. The summed E-state index contributed by atoms with van der Waals surface area (Å²) in [5.74, 6) is -2.98. The Morgan fingerprint density at radius 1 is 1.23 bits per heavy atom. The van der Waals surface area contributed by atoms with Crippen molar-refractivity contribution in [3.05, 3.63) is 23.8 Å². The minimum Gasteiger partial charge on any atom is -0.493 e. The number of hydrogen-bond donors (Lipinski definition) is 2. The highest BCUT2D eigenvalue weighted by atomic mass is 16.6. The molecule has 0 aromatic heterocycles. The number of fused-ring (bicyclic) bond motifs is 1. The van der Waals surface area contributed by atoms with Gasteiger partial charge in [-0.05, 0) is 38.5 Å². The van der Waals surface area contributed by atoms with Gasteiger partial charge >= 0.3 is 11.9 Å². The van der Waals surface area contributed by atoms with Crippen LogP contribution >= 0.6 is 0 Å². The van der Waals surface area contributed by atoms with E-state index in [1.807, 2.05) is 6.07 Å². The van der Waals surface area contributed by atoms with E-state index in [4.69, 9.17) is 14.2 Å². The molecule has 0 bridgehead atoms. The summed E-state index contributed by atoms with van der Waals surface area (Å²) in [4.78, 5) is 38.7. The number of nitrogens with zero attached hydrogens (tertiary/aromatic N) is 1. The molecule has 1 unspecified atom stereocenters. The van der Waals surface area contributed by atoms with E-state index in [2.05, 4.69) is 5.32 Å². The number of β-lactam (4-membered cyclic amide) rings is 1. The number of carbonyl (C=O) groups is 3. The third-order valence-electron chi connectivity index (χ3n) is 5.42. The normalized spacial score (nSPS) is 24.0. The Balaban J connectivity index is 1.81. The lowest BCUT2D eigenvalue weighted by molar-refractivity contribution is -0.173. The molecule has 2 fully saturated rings. The van der Waals surface area contributed by atoms with Gasteiger partial charge in [0.05, 0.1) is 20.3 Å². The number of amides is 1. The van der Waals surface area contributed by atoms with E-state index in [1.165, 1.54) is 7.11 Å². The molecule has 1 amide bonds. The number of methoxy groups -OCH3 is 2. The molecule has 0 radical (unpaired) electrons. The molecule has 2 heterocycles. The number of aliphatic carboxylic acids is 1. The molecule has 2 aliphatic heterocycles. The van der Waals surface area contributed by atoms with E-state index < -0.39 is 41.5 Å². The summed E-state index contributed by atoms with van der Waals surface area (Å²) in [7, 11) is 3.07. The molecule has 2 aliphatic rings. The fourth-order valence-corrected chi connectivity index (χ4v) is 4.14. The molecule has 1 aromatic rings. The lowest BCUT2D eigenvalue weighted by Gasteiger charge is -2.46. The van der Waals surface area contributed by atoms with Crippen LogP contribution in [0.4, 0.5) is 0 Å². The van der Waals surface area contributed by atoms with Gasteiger partial charge in [0.2, 0.25) is 5.91 Å². The first-order valence-corrected chi connectivity index (χ1v) is 9.78. The Labute approximate surface area is 175 Å². The summed E-state index contributed by atoms with van der Waals surface area (Å²) in [6.07, 6.45) is 0. The standard InChI is InChI=1S/C21H28N2O7/c1-21(2,3)30-20(27)15(19(25)26)12-9-22-16-17(12)23(18(16)24)10-11-6-7-13(28-4)14(8-11)29-5/h6-8,12,15-17,22H,9-10H2,1-5H3,(H,25,26)/t12-,15-,16?,17+/m0/s1. The largest absolute Gasteiger partial charge is 0.493 e. The van der Waals surface area contributed by atoms with Crippen molar-refractivity contribution in [2.75, 3.05) is 20.8 Å². The third kappa shape index (κ3) is 4.07. The summed E-state index contributed by atoms with van der Waals surface area (Å²) >= 11 is 0. The van der Waals surface area contributed by atoms with Crippen LogP contribution in [-0.4, -0.2) is 66.3 Å². The summed E-state index contributed by atoms with van der Waals surface area (Å²) in [6.45, 7) is 5.60. The van der Waals surface area contributed by atoms with E-state index in [0.717, 1.165) is 5.56 Å². The van der Waals surface area contributed by atoms with Crippen molar-refractivity contribution in [1.82, 2.24) is 10.2 Å². The van der Waals surface area contributed by atoms with Gasteiger partial charge in [-0.3, -0.25) is 14.4 Å². The van der Waals surface area contributed by atoms with Gasteiger partial charge in [-0.25, -0.2) is 0 Å². The zero-order valence-corrected chi connectivity index (χ0v) is 17.8. The minimum atomic E-state index is -1.35. The average molecular weight is 420 g/mol. The zero-order chi connectivity index (χ0) is 22.2. The summed E-state index contributed by atoms with van der Waals surface area (Å²) in [5.41, 5.74) is 0.0135. The van der Waals surface area contributed by atoms with Crippen LogP contribution in [-0.2, 0) is 25.7 Å². The van der Waals surface area contributed by atoms with Gasteiger partial charge in [0.25, 0.3) is 0 Å². The van der Waals surface area contributed by atoms with Crippen LogP contribution < -0.4 is 14.8 Å². The molecule has 9 nitrogen and oxygen atoms in total. The average Bonchev–Trinajstić information content (AvgIpc) is 3.04. The number of esters is 1. The maximum atomic E-state index is 12.6. The highest BCUT2D eigenvalue weighted by molar-refractivity contribution is 5.96. The number of benzene rings is 1. The molecule has 9 heteroatoms. The Hall–Kier alpha value is -2.81. The second-order valence-electron chi connectivity index (χ2n) is 8.55. The lowest BCUT2D eigenvalue weighted by atomic mass is 9.80. The van der Waals surface area contributed by atoms with Crippen molar-refractivity contribution in [3.63, 3.8) is 0 Å². The van der Waals surface area contributed by atoms with Crippen molar-refractivity contribution < 1.29 is 33.7 Å². The summed E-state index contributed by atoms with van der Waals surface area (Å²) in [6, 6.07) is 4.46. The van der Waals surface area contributed by atoms with Crippen molar-refractivity contribution in [3.8, 4) is 11.5 Å². The first kappa shape index (κ1) is 21.9. The molecular weight excluding hydrogens is 392 g/mol. The lowest BCUT2D eigenvalue weighted by Crippen LogP contribution is -2.67. The maximum Gasteiger partial charge on any atom is 0.321 e. The van der Waals surface area contributed by atoms with E-state index in [-0.39, 0.29) is 19.0 Å². The van der Waals surface area contributed by atoms with Crippen LogP contribution in [0.15, 0.2) is 18.2 Å². The second kappa shape index (κ2) is 8.14. The number of hydrogen-bond acceptors (Lipinski definition) is 7. The Bertz CT molecular complexity index is 848. The van der Waals surface area contributed by atoms with Gasteiger partial charge in [-0.15, -0.1) is 0 Å². The van der Waals surface area contributed by atoms with Crippen LogP contribution in [0.1, 0.15) is 26.3 Å². The highest BCUT2D eigenvalue weighted by Crippen LogP contribution is 2.38. The smallest absolute Gasteiger partial charge is 0.321 e. The molecular formula is C21H28N2O7. The van der Waals surface area contributed by atoms with Gasteiger partial charge < -0.3 is 29.5 Å². The van der Waals surface area contributed by atoms with Crippen molar-refractivity contribution in [1.29, 1.82) is 0 Å². The van der Waals surface area contributed by atoms with Gasteiger partial charge in [-0.2, -0.15) is 0 Å². The van der Waals surface area contributed by atoms with E-state index in [0.29, 0.717) is 11.5 Å². The molecule has 4 atom stereocenters. The van der Waals surface area contributed by atoms with Gasteiger partial charge in [0.15, 0.2) is 17.4 Å². The van der Waals surface area contributed by atoms with Gasteiger partial charge in [0.1, 0.15) is 11.6 Å². The fraction of sp³-hybridized carbons (Fsp3) is 0.571. The number of carboxylic acids is 1. The van der Waals surface area contributed by atoms with Crippen LogP contribution in [0.2, 0.25) is 0 Å². The van der Waals surface area contributed by atoms with Crippen LogP contribution in [0.25, 0.3) is 0 Å². The van der Waals surface area contributed by atoms with Crippen molar-refractivity contribution in [2.24, 2.45) is 11.8 Å². The quantitative estimate of drug-likeness (QED) is 0.382. The maximum absolute atomic E-state index is 12.6. The van der Waals surface area contributed by atoms with Crippen LogP contribution in [0.3, 0.4) is 0 Å². The minimum absolute atomic E-state index is 0.120. The molecule has 164 valence electrons. The number of carbonyl (C=O) groups excluding carboxylic acids is 2. The highest BCUT2D eigenvalue weighted by Gasteiger charge is 2.59. The first-order chi connectivity index (χ1) is 14.1. The monoisotopic (exact) mass is 420 g/mol. The van der Waals surface area contributed by atoms with Crippen LogP contribution in [0.5, 0.6) is 11.5 Å². The molecule has 0 spiro atoms. The molecule has 30 heavy (non-hydrogen) atoms. The van der Waals surface area contributed by atoms with Crippen molar-refractivity contribution >= 4 is 17.8 Å². The number of rotatable bonds is 7. The number of likely N-dealkylation sites (tertiary alicyclic amines) is 1. The molecule has 1 aromatic carbocycles. The van der Waals surface area contributed by atoms with Crippen LogP contribution in [0, 0.1) is 11.8 Å². The third-order valence-corrected chi connectivity index (χ3v) is 5.42. The fourth-order valence-electron chi connectivity index (χ4n) is 4.14. The predicted molar refractivity (Wildman–Crippen MR) is 106 cm³/mol. The SMILES string of the molecule is COc1ccc(CN2C(=O)C3NC[C@@H]([C@@H](C(=O)O)C(=O)OC(C)(C)C)[C@H]32)cc1OC. The Morgan fingerprint density at radius 3 is 2.47 bits per heavy atom. The van der Waals surface area contributed by atoms with Gasteiger partial charge in [0, 0.05) is 19.0 Å². The molecule has 3 rings (SSSR count). The zero-order valence-electron chi connectivity index (χ0n) is 17.8. The molecule has 2 N–H and O–H groups in total. The predicted octanol–water partition coefficient (Wildman–Crippen LogP) is 1.05. The van der Waals surface area contributed by atoms with E-state index in [1.54, 1.807) is 44.9 Å². The van der Waals surface area contributed by atoms with E-state index >= 15 is 0 Å². The Kier molecular flexibility index (Phi) is 5.94. The number of nitrogens with one attached hydrogen (secondary N) is 1. The molecule has 2 saturated heterocycles. The summed E-state index contributed by atoms with van der Waals surface area (Å²) in [5, 5.41) is 12.8. The summed E-state index contributed by atoms with van der Waals surface area (Å²) < 4.78 is 15.9. The van der Waals surface area contributed by atoms with E-state index in [9.17, 15) is 19.5 Å². The van der Waals surface area contributed by atoms with Crippen molar-refractivity contribution in [2.45, 2.75) is 45.0 Å². The number of carboxylic acid groups (broad SMARTS) is 1. The molecule has 0 saturated carbocycles. The Morgan fingerprint density at radius 2 is 1.90 bits per heavy atom.